The summed E-state index contributed by atoms with van der Waals surface area (Å²) >= 11 is 0. The maximum absolute atomic E-state index is 12.9. The smallest absolute Gasteiger partial charge is 0.212 e. The van der Waals surface area contributed by atoms with E-state index in [1.807, 2.05) is 13.0 Å². The molecular weight excluding hydrogens is 302 g/mol. The first-order valence-corrected chi connectivity index (χ1v) is 7.88. The van der Waals surface area contributed by atoms with E-state index >= 15 is 0 Å². The number of ketones is 2. The predicted octanol–water partition coefficient (Wildman–Crippen LogP) is 4.29. The number of Topliss-reactive ketones (excluding diaryl/α,β-unsaturated/α-hetero) is 2. The number of benzene rings is 2. The molecule has 1 aliphatic carbocycles. The summed E-state index contributed by atoms with van der Waals surface area (Å²) in [6.45, 7) is 1.88. The van der Waals surface area contributed by atoms with Gasteiger partial charge in [0, 0.05) is 17.5 Å². The van der Waals surface area contributed by atoms with Crippen molar-refractivity contribution in [3.8, 4) is 0 Å². The van der Waals surface area contributed by atoms with Crippen molar-refractivity contribution < 1.29 is 14.7 Å². The molecule has 0 spiro atoms. The van der Waals surface area contributed by atoms with E-state index in [1.54, 1.807) is 48.5 Å². The Bertz CT molecular complexity index is 863. The molecule has 4 nitrogen and oxygen atoms in total. The highest BCUT2D eigenvalue weighted by Crippen LogP contribution is 2.31. The van der Waals surface area contributed by atoms with Gasteiger partial charge in [-0.15, -0.1) is 0 Å². The lowest BCUT2D eigenvalue weighted by molar-refractivity contribution is -0.115. The Morgan fingerprint density at radius 2 is 1.62 bits per heavy atom. The highest BCUT2D eigenvalue weighted by atomic mass is 16.3. The number of hydrogen-bond donors (Lipinski definition) is 1. The maximum Gasteiger partial charge on any atom is 0.212 e. The Hall–Kier alpha value is -3.01. The molecule has 0 atom stereocenters. The fourth-order valence-corrected chi connectivity index (χ4v) is 2.73. The average Bonchev–Trinajstić information content (AvgIpc) is 2.60. The number of aliphatic hydroxyl groups excluding tert-OH is 1. The number of nitrogens with zero attached hydrogens (tertiary/aromatic N) is 1. The highest BCUT2D eigenvalue weighted by molar-refractivity contribution is 6.59. The van der Waals surface area contributed by atoms with E-state index < -0.39 is 0 Å². The summed E-state index contributed by atoms with van der Waals surface area (Å²) in [5.41, 5.74) is 1.33. The zero-order chi connectivity index (χ0) is 17.1. The molecule has 0 saturated heterocycles. The topological polar surface area (TPSA) is 66.7 Å². The summed E-state index contributed by atoms with van der Waals surface area (Å²) in [7, 11) is 0. The first-order valence-electron chi connectivity index (χ1n) is 7.88. The van der Waals surface area contributed by atoms with E-state index in [1.165, 1.54) is 0 Å². The molecular formula is C20H17NO3. The van der Waals surface area contributed by atoms with Crippen LogP contribution in [0.15, 0.2) is 65.2 Å². The Morgan fingerprint density at radius 1 is 1.00 bits per heavy atom. The van der Waals surface area contributed by atoms with Crippen LogP contribution in [0.4, 0.5) is 5.69 Å². The largest absolute Gasteiger partial charge is 0.506 e. The number of para-hydroxylation sites is 1. The van der Waals surface area contributed by atoms with Crippen LogP contribution in [0.2, 0.25) is 0 Å². The van der Waals surface area contributed by atoms with Gasteiger partial charge in [-0.2, -0.15) is 0 Å². The van der Waals surface area contributed by atoms with E-state index in [4.69, 9.17) is 0 Å². The summed E-state index contributed by atoms with van der Waals surface area (Å²) in [4.78, 5) is 29.7. The fraction of sp³-hybridized carbons (Fsp3) is 0.150. The molecule has 4 heteroatoms. The summed E-state index contributed by atoms with van der Waals surface area (Å²) < 4.78 is 0. The molecule has 0 heterocycles. The lowest BCUT2D eigenvalue weighted by atomic mass is 9.85. The first-order chi connectivity index (χ1) is 11.6. The molecule has 120 valence electrons. The average molecular weight is 319 g/mol. The normalized spacial score (nSPS) is 15.5. The number of rotatable bonds is 4. The molecule has 1 N–H and O–H groups in total. The fourth-order valence-electron chi connectivity index (χ4n) is 2.73. The van der Waals surface area contributed by atoms with Crippen molar-refractivity contribution in [2.45, 2.75) is 19.8 Å². The van der Waals surface area contributed by atoms with Crippen molar-refractivity contribution >= 4 is 28.7 Å². The number of hydrogen-bond acceptors (Lipinski definition) is 4. The Balaban J connectivity index is 2.23. The van der Waals surface area contributed by atoms with Crippen molar-refractivity contribution in [2.24, 2.45) is 4.99 Å². The Kier molecular flexibility index (Phi) is 4.38. The molecule has 0 aliphatic heterocycles. The van der Waals surface area contributed by atoms with E-state index in [0.717, 1.165) is 0 Å². The van der Waals surface area contributed by atoms with Crippen LogP contribution >= 0.6 is 0 Å². The second-order valence-corrected chi connectivity index (χ2v) is 5.57. The standard InChI is InChI=1S/C20H17NO3/c1-2-8-16(22)17-18(21-13-9-4-3-5-10-13)20(24)15-12-7-6-11-14(15)19(17)23/h3-7,9-12,23H,2,8H2,1H3. The third-order valence-corrected chi connectivity index (χ3v) is 3.87. The Morgan fingerprint density at radius 3 is 2.29 bits per heavy atom. The van der Waals surface area contributed by atoms with E-state index in [0.29, 0.717) is 23.2 Å². The van der Waals surface area contributed by atoms with Crippen molar-refractivity contribution in [2.75, 3.05) is 0 Å². The van der Waals surface area contributed by atoms with E-state index in [-0.39, 0.29) is 35.0 Å². The SMILES string of the molecule is CCCC(=O)C1=C(O)c2ccccc2C(=O)C1=Nc1ccccc1. The van der Waals surface area contributed by atoms with Gasteiger partial charge in [-0.3, -0.25) is 9.59 Å². The number of allylic oxidation sites excluding steroid dienone is 1. The molecule has 0 bridgehead atoms. The molecule has 2 aromatic carbocycles. The first kappa shape index (κ1) is 15.9. The van der Waals surface area contributed by atoms with Crippen LogP contribution in [-0.2, 0) is 4.79 Å². The van der Waals surface area contributed by atoms with Gasteiger partial charge in [0.1, 0.15) is 11.5 Å². The van der Waals surface area contributed by atoms with Crippen molar-refractivity contribution in [1.29, 1.82) is 0 Å². The number of fused-ring (bicyclic) bond motifs is 1. The quantitative estimate of drug-likeness (QED) is 0.914. The van der Waals surface area contributed by atoms with Gasteiger partial charge in [-0.25, -0.2) is 4.99 Å². The third kappa shape index (κ3) is 2.78. The van der Waals surface area contributed by atoms with Gasteiger partial charge in [-0.05, 0) is 18.6 Å². The molecule has 3 rings (SSSR count). The van der Waals surface area contributed by atoms with Crippen LogP contribution in [0.1, 0.15) is 35.7 Å². The lowest BCUT2D eigenvalue weighted by Crippen LogP contribution is -2.28. The highest BCUT2D eigenvalue weighted by Gasteiger charge is 2.34. The molecule has 0 fully saturated rings. The molecule has 0 radical (unpaired) electrons. The second-order valence-electron chi connectivity index (χ2n) is 5.57. The molecule has 0 amide bonds. The summed E-state index contributed by atoms with van der Waals surface area (Å²) in [6, 6.07) is 15.7. The van der Waals surface area contributed by atoms with Gasteiger partial charge in [0.05, 0.1) is 11.3 Å². The molecule has 0 saturated carbocycles. The molecule has 0 aromatic heterocycles. The minimum Gasteiger partial charge on any atom is -0.506 e. The van der Waals surface area contributed by atoms with Crippen LogP contribution in [-0.4, -0.2) is 22.4 Å². The summed E-state index contributed by atoms with van der Waals surface area (Å²) in [5, 5.41) is 10.6. The van der Waals surface area contributed by atoms with Crippen LogP contribution in [0.5, 0.6) is 0 Å². The van der Waals surface area contributed by atoms with Crippen molar-refractivity contribution in [3.63, 3.8) is 0 Å². The third-order valence-electron chi connectivity index (χ3n) is 3.87. The van der Waals surface area contributed by atoms with Crippen LogP contribution in [0, 0.1) is 0 Å². The van der Waals surface area contributed by atoms with Gasteiger partial charge in [-0.1, -0.05) is 49.4 Å². The minimum atomic E-state index is -0.341. The maximum atomic E-state index is 12.9. The van der Waals surface area contributed by atoms with Gasteiger partial charge < -0.3 is 5.11 Å². The van der Waals surface area contributed by atoms with Crippen LogP contribution in [0.3, 0.4) is 0 Å². The zero-order valence-corrected chi connectivity index (χ0v) is 13.3. The number of carbonyl (C=O) groups excluding carboxylic acids is 2. The monoisotopic (exact) mass is 319 g/mol. The zero-order valence-electron chi connectivity index (χ0n) is 13.3. The summed E-state index contributed by atoms with van der Waals surface area (Å²) in [5.74, 6) is -0.780. The van der Waals surface area contributed by atoms with E-state index in [9.17, 15) is 14.7 Å². The summed E-state index contributed by atoms with van der Waals surface area (Å²) in [6.07, 6.45) is 0.882. The van der Waals surface area contributed by atoms with Gasteiger partial charge >= 0.3 is 0 Å². The second kappa shape index (κ2) is 6.62. The van der Waals surface area contributed by atoms with Crippen molar-refractivity contribution in [1.82, 2.24) is 0 Å². The lowest BCUT2D eigenvalue weighted by Gasteiger charge is -2.19. The molecule has 1 aliphatic rings. The minimum absolute atomic E-state index is 0.0100. The number of aliphatic hydroxyl groups is 1. The molecule has 24 heavy (non-hydrogen) atoms. The number of aliphatic imine (C=N–C) groups is 1. The van der Waals surface area contributed by atoms with Gasteiger partial charge in [0.2, 0.25) is 5.78 Å². The van der Waals surface area contributed by atoms with E-state index in [2.05, 4.69) is 4.99 Å². The van der Waals surface area contributed by atoms with Gasteiger partial charge in [0.15, 0.2) is 5.78 Å². The molecule has 2 aromatic rings. The van der Waals surface area contributed by atoms with Crippen LogP contribution in [0.25, 0.3) is 5.76 Å². The van der Waals surface area contributed by atoms with Gasteiger partial charge in [0.25, 0.3) is 0 Å². The number of carbonyl (C=O) groups is 2. The molecule has 0 unspecified atom stereocenters. The Labute approximate surface area is 140 Å². The van der Waals surface area contributed by atoms with Crippen molar-refractivity contribution in [3.05, 3.63) is 71.3 Å². The predicted molar refractivity (Wildman–Crippen MR) is 93.8 cm³/mol. The van der Waals surface area contributed by atoms with Crippen LogP contribution < -0.4 is 0 Å².